The van der Waals surface area contributed by atoms with Gasteiger partial charge in [-0.05, 0) is 31.0 Å². The number of benzene rings is 1. The molecular weight excluding hydrogens is 292 g/mol. The van der Waals surface area contributed by atoms with Gasteiger partial charge in [-0.3, -0.25) is 14.7 Å². The lowest BCUT2D eigenvalue weighted by Crippen LogP contribution is -2.24. The highest BCUT2D eigenvalue weighted by Crippen LogP contribution is 2.38. The fourth-order valence-electron chi connectivity index (χ4n) is 2.55. The zero-order valence-corrected chi connectivity index (χ0v) is 11.9. The second-order valence-corrected chi connectivity index (χ2v) is 5.76. The van der Waals surface area contributed by atoms with E-state index in [2.05, 4.69) is 15.5 Å². The smallest absolute Gasteiger partial charge is 0.237 e. The van der Waals surface area contributed by atoms with Gasteiger partial charge in [0.15, 0.2) is 0 Å². The zero-order chi connectivity index (χ0) is 14.4. The van der Waals surface area contributed by atoms with E-state index in [-0.39, 0.29) is 11.8 Å². The van der Waals surface area contributed by atoms with Crippen molar-refractivity contribution in [3.8, 4) is 5.75 Å². The third kappa shape index (κ3) is 2.25. The normalized spacial score (nSPS) is 20.0. The molecule has 2 heterocycles. The van der Waals surface area contributed by atoms with Crippen LogP contribution in [0.5, 0.6) is 5.75 Å². The van der Waals surface area contributed by atoms with E-state index >= 15 is 0 Å². The molecule has 108 valence electrons. The van der Waals surface area contributed by atoms with Gasteiger partial charge in [0.25, 0.3) is 0 Å². The summed E-state index contributed by atoms with van der Waals surface area (Å²) in [6.07, 6.45) is 3.86. The molecule has 4 rings (SSSR count). The summed E-state index contributed by atoms with van der Waals surface area (Å²) < 4.78 is 7.44. The number of halogens is 1. The number of amides is 1. The van der Waals surface area contributed by atoms with Crippen LogP contribution in [-0.2, 0) is 4.79 Å². The van der Waals surface area contributed by atoms with E-state index < -0.39 is 0 Å². The summed E-state index contributed by atoms with van der Waals surface area (Å²) in [4.78, 5) is 12.5. The average molecular weight is 305 g/mol. The number of fused-ring (bicyclic) bond motifs is 1. The number of aromatic nitrogens is 3. The largest absolute Gasteiger partial charge is 0.492 e. The Hall–Kier alpha value is -2.08. The molecule has 0 bridgehead atoms. The SMILES string of the molecule is O=C(Nc1nncn1C1CC1)[C@@H]1COc2ccc(Cl)cc21. The maximum absolute atomic E-state index is 12.5. The minimum Gasteiger partial charge on any atom is -0.492 e. The number of carbonyl (C=O) groups is 1. The molecule has 1 fully saturated rings. The summed E-state index contributed by atoms with van der Waals surface area (Å²) >= 11 is 6.00. The Balaban J connectivity index is 1.56. The fraction of sp³-hybridized carbons (Fsp3) is 0.357. The van der Waals surface area contributed by atoms with Crippen molar-refractivity contribution < 1.29 is 9.53 Å². The number of anilines is 1. The van der Waals surface area contributed by atoms with Crippen LogP contribution in [0.2, 0.25) is 5.02 Å². The molecule has 7 heteroatoms. The van der Waals surface area contributed by atoms with E-state index in [0.29, 0.717) is 29.4 Å². The van der Waals surface area contributed by atoms with E-state index in [1.54, 1.807) is 24.5 Å². The second kappa shape index (κ2) is 4.73. The van der Waals surface area contributed by atoms with Gasteiger partial charge in [0, 0.05) is 16.6 Å². The molecule has 0 spiro atoms. The minimum atomic E-state index is -0.372. The lowest BCUT2D eigenvalue weighted by atomic mass is 10.0. The molecule has 21 heavy (non-hydrogen) atoms. The fourth-order valence-corrected chi connectivity index (χ4v) is 2.73. The molecule has 1 N–H and O–H groups in total. The topological polar surface area (TPSA) is 69.0 Å². The third-order valence-corrected chi connectivity index (χ3v) is 4.05. The number of hydrogen-bond donors (Lipinski definition) is 1. The van der Waals surface area contributed by atoms with Crippen LogP contribution in [0.1, 0.15) is 30.4 Å². The first-order valence-corrected chi connectivity index (χ1v) is 7.23. The molecule has 6 nitrogen and oxygen atoms in total. The molecule has 1 saturated carbocycles. The summed E-state index contributed by atoms with van der Waals surface area (Å²) in [5, 5.41) is 11.3. The number of hydrogen-bond acceptors (Lipinski definition) is 4. The third-order valence-electron chi connectivity index (χ3n) is 3.82. The van der Waals surface area contributed by atoms with E-state index in [1.807, 2.05) is 4.57 Å². The van der Waals surface area contributed by atoms with Gasteiger partial charge in [-0.2, -0.15) is 0 Å². The zero-order valence-electron chi connectivity index (χ0n) is 11.1. The first-order valence-electron chi connectivity index (χ1n) is 6.85. The predicted octanol–water partition coefficient (Wildman–Crippen LogP) is 2.38. The minimum absolute atomic E-state index is 0.147. The van der Waals surface area contributed by atoms with E-state index in [0.717, 1.165) is 18.4 Å². The molecule has 0 unspecified atom stereocenters. The van der Waals surface area contributed by atoms with Crippen LogP contribution in [0.3, 0.4) is 0 Å². The van der Waals surface area contributed by atoms with Gasteiger partial charge in [-0.1, -0.05) is 11.6 Å². The highest BCUT2D eigenvalue weighted by Gasteiger charge is 2.32. The highest BCUT2D eigenvalue weighted by molar-refractivity contribution is 6.30. The summed E-state index contributed by atoms with van der Waals surface area (Å²) in [5.41, 5.74) is 0.817. The Kier molecular flexibility index (Phi) is 2.85. The second-order valence-electron chi connectivity index (χ2n) is 5.33. The van der Waals surface area contributed by atoms with Crippen molar-refractivity contribution in [3.05, 3.63) is 35.1 Å². The van der Waals surface area contributed by atoms with Gasteiger partial charge >= 0.3 is 0 Å². The van der Waals surface area contributed by atoms with Crippen LogP contribution in [0.15, 0.2) is 24.5 Å². The van der Waals surface area contributed by atoms with Crippen LogP contribution < -0.4 is 10.1 Å². The Morgan fingerprint density at radius 2 is 2.29 bits per heavy atom. The van der Waals surface area contributed by atoms with Crippen LogP contribution >= 0.6 is 11.6 Å². The molecule has 0 saturated heterocycles. The van der Waals surface area contributed by atoms with Gasteiger partial charge in [0.1, 0.15) is 24.6 Å². The lowest BCUT2D eigenvalue weighted by Gasteiger charge is -2.10. The quantitative estimate of drug-likeness (QED) is 0.945. The Labute approximate surface area is 126 Å². The molecule has 2 aromatic rings. The van der Waals surface area contributed by atoms with Crippen LogP contribution in [0.25, 0.3) is 0 Å². The van der Waals surface area contributed by atoms with Crippen LogP contribution in [0, 0.1) is 0 Å². The van der Waals surface area contributed by atoms with Crippen molar-refractivity contribution in [1.29, 1.82) is 0 Å². The Bertz CT molecular complexity index is 711. The molecule has 1 aliphatic heterocycles. The molecule has 1 aromatic heterocycles. The Morgan fingerprint density at radius 1 is 1.43 bits per heavy atom. The predicted molar refractivity (Wildman–Crippen MR) is 76.6 cm³/mol. The maximum Gasteiger partial charge on any atom is 0.237 e. The van der Waals surface area contributed by atoms with Gasteiger partial charge in [0.05, 0.1) is 0 Å². The van der Waals surface area contributed by atoms with Gasteiger partial charge in [0.2, 0.25) is 11.9 Å². The number of nitrogens with one attached hydrogen (secondary N) is 1. The van der Waals surface area contributed by atoms with Crippen LogP contribution in [-0.4, -0.2) is 27.3 Å². The van der Waals surface area contributed by atoms with Crippen molar-refractivity contribution in [1.82, 2.24) is 14.8 Å². The van der Waals surface area contributed by atoms with Crippen molar-refractivity contribution in [2.24, 2.45) is 0 Å². The summed E-state index contributed by atoms with van der Waals surface area (Å²) in [5.74, 6) is 0.690. The number of rotatable bonds is 3. The molecule has 1 aromatic carbocycles. The summed E-state index contributed by atoms with van der Waals surface area (Å²) in [6, 6.07) is 5.73. The molecule has 2 aliphatic rings. The number of carbonyl (C=O) groups excluding carboxylic acids is 1. The first-order chi connectivity index (χ1) is 10.2. The molecule has 1 atom stereocenters. The maximum atomic E-state index is 12.5. The van der Waals surface area contributed by atoms with Crippen molar-refractivity contribution in [2.45, 2.75) is 24.8 Å². The average Bonchev–Trinajstić information content (AvgIpc) is 3.06. The number of nitrogens with zero attached hydrogens (tertiary/aromatic N) is 3. The van der Waals surface area contributed by atoms with E-state index in [9.17, 15) is 4.79 Å². The lowest BCUT2D eigenvalue weighted by molar-refractivity contribution is -0.117. The first kappa shape index (κ1) is 12.6. The van der Waals surface area contributed by atoms with E-state index in [4.69, 9.17) is 16.3 Å². The van der Waals surface area contributed by atoms with Crippen LogP contribution in [0.4, 0.5) is 5.95 Å². The summed E-state index contributed by atoms with van der Waals surface area (Å²) in [6.45, 7) is 0.319. The molecular formula is C14H13ClN4O2. The van der Waals surface area contributed by atoms with Gasteiger partial charge in [-0.25, -0.2) is 0 Å². The summed E-state index contributed by atoms with van der Waals surface area (Å²) in [7, 11) is 0. The van der Waals surface area contributed by atoms with Crippen molar-refractivity contribution in [2.75, 3.05) is 11.9 Å². The van der Waals surface area contributed by atoms with Gasteiger partial charge < -0.3 is 4.74 Å². The standard InChI is InChI=1S/C14H13ClN4O2/c15-8-1-4-12-10(5-8)11(6-21-12)13(20)17-14-18-16-7-19(14)9-2-3-9/h1,4-5,7,9,11H,2-3,6H2,(H,17,18,20)/t11-/m1/s1. The van der Waals surface area contributed by atoms with Gasteiger partial charge in [-0.15, -0.1) is 10.2 Å². The molecule has 1 amide bonds. The monoisotopic (exact) mass is 304 g/mol. The highest BCUT2D eigenvalue weighted by atomic mass is 35.5. The van der Waals surface area contributed by atoms with Crippen molar-refractivity contribution >= 4 is 23.5 Å². The molecule has 1 aliphatic carbocycles. The van der Waals surface area contributed by atoms with Crippen molar-refractivity contribution in [3.63, 3.8) is 0 Å². The van der Waals surface area contributed by atoms with E-state index in [1.165, 1.54) is 0 Å². The number of ether oxygens (including phenoxy) is 1. The Morgan fingerprint density at radius 3 is 3.10 bits per heavy atom. The molecule has 0 radical (unpaired) electrons.